The van der Waals surface area contributed by atoms with E-state index in [0.717, 1.165) is 0 Å². The Morgan fingerprint density at radius 3 is 2.86 bits per heavy atom. The molecule has 0 heterocycles. The Hall–Kier alpha value is -1.65. The molecule has 2 atom stereocenters. The Kier molecular flexibility index (Phi) is 8.40. The normalized spacial score (nSPS) is 13.4. The summed E-state index contributed by atoms with van der Waals surface area (Å²) in [5, 5.41) is 30.7. The van der Waals surface area contributed by atoms with Gasteiger partial charge in [-0.3, -0.25) is 0 Å². The van der Waals surface area contributed by atoms with Crippen LogP contribution in [0.1, 0.15) is 12.0 Å². The Morgan fingerprint density at radius 2 is 2.19 bits per heavy atom. The Morgan fingerprint density at radius 1 is 1.38 bits per heavy atom. The van der Waals surface area contributed by atoms with E-state index >= 15 is 0 Å². The third-order valence-electron chi connectivity index (χ3n) is 2.89. The second kappa shape index (κ2) is 10.1. The second-order valence-electron chi connectivity index (χ2n) is 4.68. The van der Waals surface area contributed by atoms with Crippen LogP contribution in [-0.2, 0) is 4.74 Å². The highest BCUT2D eigenvalue weighted by atomic mass is 16.5. The number of rotatable bonds is 10. The summed E-state index contributed by atoms with van der Waals surface area (Å²) in [6, 6.07) is 8.81. The highest BCUT2D eigenvalue weighted by molar-refractivity contribution is 5.36. The summed E-state index contributed by atoms with van der Waals surface area (Å²) in [7, 11) is 1.59. The summed E-state index contributed by atoms with van der Waals surface area (Å²) in [4.78, 5) is 0. The fourth-order valence-electron chi connectivity index (χ4n) is 1.81. The molecule has 1 aromatic carbocycles. The van der Waals surface area contributed by atoms with Crippen molar-refractivity contribution in [2.24, 2.45) is 0 Å². The predicted molar refractivity (Wildman–Crippen MR) is 78.0 cm³/mol. The average molecular weight is 294 g/mol. The maximum atomic E-state index is 9.87. The van der Waals surface area contributed by atoms with Crippen LogP contribution >= 0.6 is 0 Å². The highest BCUT2D eigenvalue weighted by Crippen LogP contribution is 2.12. The zero-order valence-corrected chi connectivity index (χ0v) is 12.2. The minimum Gasteiger partial charge on any atom is -0.491 e. The largest absolute Gasteiger partial charge is 0.491 e. The average Bonchev–Trinajstić information content (AvgIpc) is 2.51. The van der Waals surface area contributed by atoms with Crippen molar-refractivity contribution in [1.29, 1.82) is 5.26 Å². The van der Waals surface area contributed by atoms with Gasteiger partial charge in [-0.15, -0.1) is 0 Å². The zero-order valence-electron chi connectivity index (χ0n) is 12.2. The van der Waals surface area contributed by atoms with Gasteiger partial charge in [0.05, 0.1) is 18.2 Å². The van der Waals surface area contributed by atoms with Crippen LogP contribution in [0.5, 0.6) is 5.75 Å². The summed E-state index contributed by atoms with van der Waals surface area (Å²) in [6.07, 6.45) is -0.125. The van der Waals surface area contributed by atoms with Gasteiger partial charge in [-0.25, -0.2) is 0 Å². The van der Waals surface area contributed by atoms with Crippen LogP contribution in [0.3, 0.4) is 0 Å². The molecule has 6 heteroatoms. The van der Waals surface area contributed by atoms with E-state index in [4.69, 9.17) is 19.8 Å². The molecule has 0 radical (unpaired) electrons. The number of ether oxygens (including phenoxy) is 2. The SMILES string of the molecule is COCC(CCO)NCC(O)COc1cccc(C#N)c1. The van der Waals surface area contributed by atoms with Gasteiger partial charge in [0.25, 0.3) is 0 Å². The van der Waals surface area contributed by atoms with Crippen LogP contribution in [-0.4, -0.2) is 55.8 Å². The molecule has 0 spiro atoms. The third-order valence-corrected chi connectivity index (χ3v) is 2.89. The lowest BCUT2D eigenvalue weighted by Gasteiger charge is -2.19. The summed E-state index contributed by atoms with van der Waals surface area (Å²) < 4.78 is 10.5. The standard InChI is InChI=1S/C15H22N2O4/c1-20-10-13(5-6-18)17-9-14(19)11-21-15-4-2-3-12(7-15)8-16/h2-4,7,13-14,17-19H,5-6,9-11H2,1H3. The molecule has 0 saturated heterocycles. The van der Waals surface area contributed by atoms with Gasteiger partial charge in [0.15, 0.2) is 0 Å². The van der Waals surface area contributed by atoms with E-state index in [0.29, 0.717) is 30.9 Å². The topological polar surface area (TPSA) is 94.7 Å². The minimum atomic E-state index is -0.686. The van der Waals surface area contributed by atoms with Crippen LogP contribution in [0, 0.1) is 11.3 Å². The molecule has 1 rings (SSSR count). The zero-order chi connectivity index (χ0) is 15.5. The number of nitrogens with one attached hydrogen (secondary N) is 1. The number of nitriles is 1. The number of aliphatic hydroxyl groups is 2. The molecule has 0 aromatic heterocycles. The molecule has 0 fully saturated rings. The highest BCUT2D eigenvalue weighted by Gasteiger charge is 2.11. The molecule has 0 amide bonds. The molecule has 0 aliphatic heterocycles. The van der Waals surface area contributed by atoms with Crippen molar-refractivity contribution in [1.82, 2.24) is 5.32 Å². The molecule has 0 bridgehead atoms. The molecule has 0 aliphatic rings. The fraction of sp³-hybridized carbons (Fsp3) is 0.533. The van der Waals surface area contributed by atoms with E-state index in [1.807, 2.05) is 6.07 Å². The van der Waals surface area contributed by atoms with E-state index in [2.05, 4.69) is 5.32 Å². The van der Waals surface area contributed by atoms with Crippen molar-refractivity contribution in [3.63, 3.8) is 0 Å². The summed E-state index contributed by atoms with van der Waals surface area (Å²) >= 11 is 0. The lowest BCUT2D eigenvalue weighted by molar-refractivity contribution is 0.0919. The first-order chi connectivity index (χ1) is 10.2. The summed E-state index contributed by atoms with van der Waals surface area (Å²) in [5.74, 6) is 0.553. The van der Waals surface area contributed by atoms with Crippen LogP contribution in [0.4, 0.5) is 0 Å². The molecular weight excluding hydrogens is 272 g/mol. The monoisotopic (exact) mass is 294 g/mol. The van der Waals surface area contributed by atoms with E-state index in [1.165, 1.54) is 0 Å². The molecular formula is C15H22N2O4. The molecule has 6 nitrogen and oxygen atoms in total. The van der Waals surface area contributed by atoms with Crippen LogP contribution < -0.4 is 10.1 Å². The quantitative estimate of drug-likeness (QED) is 0.574. The summed E-state index contributed by atoms with van der Waals surface area (Å²) in [6.45, 7) is 1.000. The van der Waals surface area contributed by atoms with Gasteiger partial charge in [0.1, 0.15) is 18.5 Å². The first-order valence-electron chi connectivity index (χ1n) is 6.83. The number of methoxy groups -OCH3 is 1. The maximum Gasteiger partial charge on any atom is 0.120 e. The second-order valence-corrected chi connectivity index (χ2v) is 4.68. The van der Waals surface area contributed by atoms with Gasteiger partial charge in [-0.1, -0.05) is 6.07 Å². The van der Waals surface area contributed by atoms with Gasteiger partial charge in [-0.2, -0.15) is 5.26 Å². The first kappa shape index (κ1) is 17.4. The number of benzene rings is 1. The van der Waals surface area contributed by atoms with Crippen molar-refractivity contribution in [2.75, 3.05) is 33.5 Å². The molecule has 3 N–H and O–H groups in total. The molecule has 2 unspecified atom stereocenters. The van der Waals surface area contributed by atoms with E-state index in [9.17, 15) is 5.11 Å². The maximum absolute atomic E-state index is 9.87. The smallest absolute Gasteiger partial charge is 0.120 e. The van der Waals surface area contributed by atoms with Gasteiger partial charge >= 0.3 is 0 Å². The molecule has 21 heavy (non-hydrogen) atoms. The van der Waals surface area contributed by atoms with Crippen molar-refractivity contribution in [3.05, 3.63) is 29.8 Å². The van der Waals surface area contributed by atoms with E-state index in [1.54, 1.807) is 31.4 Å². The molecule has 116 valence electrons. The van der Waals surface area contributed by atoms with Crippen LogP contribution in [0.25, 0.3) is 0 Å². The van der Waals surface area contributed by atoms with Crippen molar-refractivity contribution >= 4 is 0 Å². The van der Waals surface area contributed by atoms with Crippen LogP contribution in [0.15, 0.2) is 24.3 Å². The van der Waals surface area contributed by atoms with Crippen molar-refractivity contribution in [3.8, 4) is 11.8 Å². The van der Waals surface area contributed by atoms with Gasteiger partial charge in [-0.05, 0) is 24.6 Å². The van der Waals surface area contributed by atoms with Gasteiger partial charge in [0, 0.05) is 26.3 Å². The number of nitrogens with zero attached hydrogens (tertiary/aromatic N) is 1. The number of hydrogen-bond donors (Lipinski definition) is 3. The lowest BCUT2D eigenvalue weighted by Crippen LogP contribution is -2.40. The van der Waals surface area contributed by atoms with Crippen LogP contribution in [0.2, 0.25) is 0 Å². The number of hydrogen-bond acceptors (Lipinski definition) is 6. The van der Waals surface area contributed by atoms with E-state index in [-0.39, 0.29) is 19.3 Å². The first-order valence-corrected chi connectivity index (χ1v) is 6.83. The Bertz CT molecular complexity index is 442. The van der Waals surface area contributed by atoms with Crippen molar-refractivity contribution in [2.45, 2.75) is 18.6 Å². The lowest BCUT2D eigenvalue weighted by atomic mass is 10.2. The minimum absolute atomic E-state index is 0.00318. The van der Waals surface area contributed by atoms with Gasteiger partial charge < -0.3 is 25.0 Å². The Labute approximate surface area is 124 Å². The number of aliphatic hydroxyl groups excluding tert-OH is 2. The van der Waals surface area contributed by atoms with E-state index < -0.39 is 6.10 Å². The van der Waals surface area contributed by atoms with Crippen molar-refractivity contribution < 1.29 is 19.7 Å². The fourth-order valence-corrected chi connectivity index (χ4v) is 1.81. The third kappa shape index (κ3) is 7.06. The summed E-state index contributed by atoms with van der Waals surface area (Å²) in [5.41, 5.74) is 0.517. The molecule has 1 aromatic rings. The Balaban J connectivity index is 2.32. The molecule has 0 aliphatic carbocycles. The predicted octanol–water partition coefficient (Wildman–Crippen LogP) is 0.285. The molecule has 0 saturated carbocycles. The van der Waals surface area contributed by atoms with Gasteiger partial charge in [0.2, 0.25) is 0 Å².